The number of piperidine rings is 1. The first-order valence-electron chi connectivity index (χ1n) is 6.18. The SMILES string of the molecule is O=C1NC(c2ccc(Cl)cc2F)=NC12CCNCC2. The van der Waals surface area contributed by atoms with E-state index in [9.17, 15) is 9.18 Å². The number of carbonyl (C=O) groups excluding carboxylic acids is 1. The van der Waals surface area contributed by atoms with Crippen LogP contribution in [0.1, 0.15) is 18.4 Å². The monoisotopic (exact) mass is 281 g/mol. The van der Waals surface area contributed by atoms with Crippen LogP contribution in [0, 0.1) is 5.82 Å². The van der Waals surface area contributed by atoms with E-state index < -0.39 is 11.4 Å². The van der Waals surface area contributed by atoms with E-state index in [0.29, 0.717) is 23.7 Å². The van der Waals surface area contributed by atoms with E-state index in [2.05, 4.69) is 15.6 Å². The summed E-state index contributed by atoms with van der Waals surface area (Å²) in [6, 6.07) is 4.35. The number of nitrogens with zero attached hydrogens (tertiary/aromatic N) is 1. The van der Waals surface area contributed by atoms with Crippen molar-refractivity contribution in [2.75, 3.05) is 13.1 Å². The number of carbonyl (C=O) groups is 1. The molecule has 0 radical (unpaired) electrons. The Bertz CT molecular complexity index is 567. The Labute approximate surface area is 115 Å². The minimum Gasteiger partial charge on any atom is -0.317 e. The molecule has 1 spiro atoms. The van der Waals surface area contributed by atoms with Crippen LogP contribution in [-0.2, 0) is 4.79 Å². The van der Waals surface area contributed by atoms with Gasteiger partial charge < -0.3 is 10.6 Å². The minimum atomic E-state index is -0.730. The summed E-state index contributed by atoms with van der Waals surface area (Å²) in [5, 5.41) is 6.20. The summed E-state index contributed by atoms with van der Waals surface area (Å²) in [7, 11) is 0. The predicted octanol–water partition coefficient (Wildman–Crippen LogP) is 1.48. The molecule has 0 atom stereocenters. The molecule has 1 aromatic carbocycles. The number of rotatable bonds is 1. The average Bonchev–Trinajstić information content (AvgIpc) is 2.67. The molecule has 0 aromatic heterocycles. The highest BCUT2D eigenvalue weighted by Gasteiger charge is 2.44. The molecule has 6 heteroatoms. The van der Waals surface area contributed by atoms with Crippen molar-refractivity contribution in [3.8, 4) is 0 Å². The lowest BCUT2D eigenvalue weighted by Gasteiger charge is -2.28. The lowest BCUT2D eigenvalue weighted by Crippen LogP contribution is -2.47. The third-order valence-corrected chi connectivity index (χ3v) is 3.83. The van der Waals surface area contributed by atoms with Gasteiger partial charge in [-0.2, -0.15) is 0 Å². The molecule has 1 amide bonds. The number of hydrogen-bond donors (Lipinski definition) is 2. The van der Waals surface area contributed by atoms with E-state index >= 15 is 0 Å². The Morgan fingerprint density at radius 2 is 2.05 bits per heavy atom. The molecule has 1 aromatic rings. The third-order valence-electron chi connectivity index (χ3n) is 3.60. The standard InChI is InChI=1S/C13H13ClFN3O/c14-8-1-2-9(10(15)7-8)11-17-12(19)13(18-11)3-5-16-6-4-13/h1-2,7,16H,3-6H2,(H,17,18,19). The van der Waals surface area contributed by atoms with Crippen molar-refractivity contribution in [3.05, 3.63) is 34.6 Å². The molecule has 3 rings (SSSR count). The molecule has 1 saturated heterocycles. The van der Waals surface area contributed by atoms with Crippen LogP contribution in [0.4, 0.5) is 4.39 Å². The molecule has 2 aliphatic rings. The lowest BCUT2D eigenvalue weighted by atomic mass is 9.89. The highest BCUT2D eigenvalue weighted by Crippen LogP contribution is 2.29. The number of nitrogens with one attached hydrogen (secondary N) is 2. The Balaban J connectivity index is 1.98. The fourth-order valence-corrected chi connectivity index (χ4v) is 2.66. The number of benzene rings is 1. The maximum Gasteiger partial charge on any atom is 0.253 e. The summed E-state index contributed by atoms with van der Waals surface area (Å²) in [4.78, 5) is 16.6. The topological polar surface area (TPSA) is 53.5 Å². The number of halogens is 2. The maximum absolute atomic E-state index is 13.9. The van der Waals surface area contributed by atoms with Gasteiger partial charge in [0.1, 0.15) is 17.2 Å². The van der Waals surface area contributed by atoms with Crippen molar-refractivity contribution >= 4 is 23.3 Å². The van der Waals surface area contributed by atoms with Crippen LogP contribution in [0.2, 0.25) is 5.02 Å². The van der Waals surface area contributed by atoms with Crippen LogP contribution in [0.25, 0.3) is 0 Å². The Kier molecular flexibility index (Phi) is 3.03. The third kappa shape index (κ3) is 2.13. The first-order chi connectivity index (χ1) is 9.11. The number of hydrogen-bond acceptors (Lipinski definition) is 3. The quantitative estimate of drug-likeness (QED) is 0.819. The van der Waals surface area contributed by atoms with Gasteiger partial charge in [-0.25, -0.2) is 4.39 Å². The van der Waals surface area contributed by atoms with E-state index in [1.165, 1.54) is 12.1 Å². The van der Waals surface area contributed by atoms with Gasteiger partial charge in [0.05, 0.1) is 5.56 Å². The number of amidine groups is 1. The highest BCUT2D eigenvalue weighted by atomic mass is 35.5. The van der Waals surface area contributed by atoms with Crippen LogP contribution in [0.3, 0.4) is 0 Å². The van der Waals surface area contributed by atoms with E-state index in [-0.39, 0.29) is 11.5 Å². The molecule has 0 saturated carbocycles. The van der Waals surface area contributed by atoms with E-state index in [1.54, 1.807) is 6.07 Å². The van der Waals surface area contributed by atoms with E-state index in [1.807, 2.05) is 0 Å². The van der Waals surface area contributed by atoms with Crippen LogP contribution in [0.15, 0.2) is 23.2 Å². The zero-order valence-electron chi connectivity index (χ0n) is 10.2. The summed E-state index contributed by atoms with van der Waals surface area (Å²) in [5.41, 5.74) is -0.444. The molecule has 2 aliphatic heterocycles. The normalized spacial score (nSPS) is 21.4. The largest absolute Gasteiger partial charge is 0.317 e. The van der Waals surface area contributed by atoms with Gasteiger partial charge in [0.2, 0.25) is 0 Å². The average molecular weight is 282 g/mol. The number of aliphatic imine (C=N–C) groups is 1. The fraction of sp³-hybridized carbons (Fsp3) is 0.385. The zero-order valence-corrected chi connectivity index (χ0v) is 10.9. The van der Waals surface area contributed by atoms with Crippen LogP contribution in [-0.4, -0.2) is 30.4 Å². The number of amides is 1. The Morgan fingerprint density at radius 1 is 1.32 bits per heavy atom. The van der Waals surface area contributed by atoms with Crippen LogP contribution >= 0.6 is 11.6 Å². The van der Waals surface area contributed by atoms with Crippen LogP contribution < -0.4 is 10.6 Å². The van der Waals surface area contributed by atoms with Crippen molar-refractivity contribution in [3.63, 3.8) is 0 Å². The van der Waals surface area contributed by atoms with Crippen molar-refractivity contribution < 1.29 is 9.18 Å². The molecular formula is C13H13ClFN3O. The van der Waals surface area contributed by atoms with Crippen molar-refractivity contribution in [2.24, 2.45) is 4.99 Å². The maximum atomic E-state index is 13.9. The summed E-state index contributed by atoms with van der Waals surface area (Å²) >= 11 is 5.72. The van der Waals surface area contributed by atoms with Gasteiger partial charge in [0, 0.05) is 5.02 Å². The molecule has 4 nitrogen and oxygen atoms in total. The van der Waals surface area contributed by atoms with Gasteiger partial charge in [-0.15, -0.1) is 0 Å². The first kappa shape index (κ1) is 12.6. The summed E-state index contributed by atoms with van der Waals surface area (Å²) in [6.45, 7) is 1.49. The van der Waals surface area contributed by atoms with Gasteiger partial charge in [-0.3, -0.25) is 9.79 Å². The molecule has 2 heterocycles. The molecular weight excluding hydrogens is 269 g/mol. The van der Waals surface area contributed by atoms with Crippen molar-refractivity contribution in [2.45, 2.75) is 18.4 Å². The zero-order chi connectivity index (χ0) is 13.5. The van der Waals surface area contributed by atoms with E-state index in [0.717, 1.165) is 13.1 Å². The first-order valence-corrected chi connectivity index (χ1v) is 6.56. The lowest BCUT2D eigenvalue weighted by molar-refractivity contribution is -0.124. The van der Waals surface area contributed by atoms with Gasteiger partial charge in [0.15, 0.2) is 0 Å². The smallest absolute Gasteiger partial charge is 0.253 e. The van der Waals surface area contributed by atoms with Gasteiger partial charge in [0.25, 0.3) is 5.91 Å². The molecule has 0 bridgehead atoms. The summed E-state index contributed by atoms with van der Waals surface area (Å²) in [5.74, 6) is -0.308. The molecule has 1 fully saturated rings. The van der Waals surface area contributed by atoms with Crippen LogP contribution in [0.5, 0.6) is 0 Å². The Hall–Kier alpha value is -1.46. The van der Waals surface area contributed by atoms with E-state index in [4.69, 9.17) is 11.6 Å². The second-order valence-electron chi connectivity index (χ2n) is 4.82. The predicted molar refractivity (Wildman–Crippen MR) is 70.9 cm³/mol. The fourth-order valence-electron chi connectivity index (χ4n) is 2.50. The Morgan fingerprint density at radius 3 is 2.74 bits per heavy atom. The van der Waals surface area contributed by atoms with Gasteiger partial charge in [-0.05, 0) is 44.1 Å². The second kappa shape index (κ2) is 4.58. The van der Waals surface area contributed by atoms with Gasteiger partial charge >= 0.3 is 0 Å². The second-order valence-corrected chi connectivity index (χ2v) is 5.26. The molecule has 100 valence electrons. The molecule has 19 heavy (non-hydrogen) atoms. The molecule has 2 N–H and O–H groups in total. The highest BCUT2D eigenvalue weighted by molar-refractivity contribution is 6.30. The molecule has 0 aliphatic carbocycles. The molecule has 0 unspecified atom stereocenters. The summed E-state index contributed by atoms with van der Waals surface area (Å²) in [6.07, 6.45) is 1.27. The summed E-state index contributed by atoms with van der Waals surface area (Å²) < 4.78 is 13.9. The van der Waals surface area contributed by atoms with Crippen molar-refractivity contribution in [1.29, 1.82) is 0 Å². The minimum absolute atomic E-state index is 0.140. The van der Waals surface area contributed by atoms with Gasteiger partial charge in [-0.1, -0.05) is 11.6 Å². The van der Waals surface area contributed by atoms with Crippen molar-refractivity contribution in [1.82, 2.24) is 10.6 Å².